The molecule has 0 fully saturated rings. The monoisotopic (exact) mass is 812 g/mol. The molecule has 0 aromatic heterocycles. The van der Waals surface area contributed by atoms with Crippen LogP contribution in [0.25, 0.3) is 0 Å². The number of esters is 1. The third-order valence-electron chi connectivity index (χ3n) is 10.9. The Bertz CT molecular complexity index is 1050. The molecule has 0 radical (unpaired) electrons. The van der Waals surface area contributed by atoms with Crippen molar-refractivity contribution in [3.63, 3.8) is 0 Å². The second-order valence-corrected chi connectivity index (χ2v) is 16.6. The van der Waals surface area contributed by atoms with Crippen molar-refractivity contribution in [2.75, 3.05) is 6.61 Å². The van der Waals surface area contributed by atoms with E-state index in [4.69, 9.17) is 4.74 Å². The molecule has 0 saturated heterocycles. The predicted octanol–water partition coefficient (Wildman–Crippen LogP) is 14.5. The van der Waals surface area contributed by atoms with Gasteiger partial charge >= 0.3 is 5.97 Å². The lowest BCUT2D eigenvalue weighted by Gasteiger charge is -2.24. The summed E-state index contributed by atoms with van der Waals surface area (Å²) in [6, 6.07) is -0.724. The van der Waals surface area contributed by atoms with Crippen molar-refractivity contribution in [1.29, 1.82) is 0 Å². The van der Waals surface area contributed by atoms with Crippen molar-refractivity contribution in [3.8, 4) is 0 Å². The van der Waals surface area contributed by atoms with Crippen molar-refractivity contribution in [2.24, 2.45) is 0 Å². The number of rotatable bonds is 43. The molecule has 6 heteroatoms. The first-order valence-corrected chi connectivity index (χ1v) is 24.6. The normalized spacial score (nSPS) is 13.8. The molecule has 336 valence electrons. The Kier molecular flexibility index (Phi) is 43.7. The van der Waals surface area contributed by atoms with Gasteiger partial charge in [0.25, 0.3) is 0 Å². The molecular weight excluding hydrogens is 719 g/mol. The van der Waals surface area contributed by atoms with E-state index >= 15 is 0 Å². The smallest absolute Gasteiger partial charge is 0.306 e. The van der Waals surface area contributed by atoms with Gasteiger partial charge in [-0.3, -0.25) is 9.59 Å². The van der Waals surface area contributed by atoms with Gasteiger partial charge in [0.05, 0.1) is 25.2 Å². The molecule has 0 aliphatic rings. The Morgan fingerprint density at radius 3 is 1.52 bits per heavy atom. The summed E-state index contributed by atoms with van der Waals surface area (Å²) < 4.78 is 5.86. The van der Waals surface area contributed by atoms with Gasteiger partial charge in [-0.25, -0.2) is 0 Å². The van der Waals surface area contributed by atoms with Gasteiger partial charge in [-0.1, -0.05) is 216 Å². The number of amides is 1. The second kappa shape index (κ2) is 45.6. The molecule has 6 nitrogen and oxygen atoms in total. The van der Waals surface area contributed by atoms with E-state index in [0.717, 1.165) is 64.2 Å². The minimum absolute atomic E-state index is 0.0274. The van der Waals surface area contributed by atoms with Crippen LogP contribution in [0.5, 0.6) is 0 Å². The molecule has 0 spiro atoms. The summed E-state index contributed by atoms with van der Waals surface area (Å²) in [5.74, 6) is -0.554. The lowest BCUT2D eigenvalue weighted by molar-refractivity contribution is -0.151. The molecule has 1 amide bonds. The zero-order chi connectivity index (χ0) is 42.4. The second-order valence-electron chi connectivity index (χ2n) is 16.6. The molecule has 3 unspecified atom stereocenters. The predicted molar refractivity (Wildman–Crippen MR) is 250 cm³/mol. The summed E-state index contributed by atoms with van der Waals surface area (Å²) in [5.41, 5.74) is 0. The van der Waals surface area contributed by atoms with Gasteiger partial charge < -0.3 is 20.3 Å². The lowest BCUT2D eigenvalue weighted by atomic mass is 10.0. The first kappa shape index (κ1) is 55.6. The highest BCUT2D eigenvalue weighted by molar-refractivity contribution is 5.77. The van der Waals surface area contributed by atoms with E-state index in [1.54, 1.807) is 0 Å². The van der Waals surface area contributed by atoms with Crippen molar-refractivity contribution in [2.45, 2.75) is 251 Å². The molecule has 3 N–H and O–H groups in total. The number of aliphatic hydroxyl groups is 2. The standard InChI is InChI=1S/C52H93NO5/c1-4-7-10-13-16-19-22-24-25-26-27-29-32-35-38-41-44-50(55)49(47-54)53-51(56)46-48(43-40-37-34-31-28-21-18-15-12-9-6-3)58-52(57)45-42-39-36-33-30-23-20-17-14-11-8-5-2/h9,12,15,17-18,20-21,28,31,34,48-50,54-55H,4-8,10-11,13-14,16,19,22-27,29-30,32-33,35-47H2,1-3H3,(H,53,56)/b12-9+,18-15+,20-17-,28-21-,34-31-. The van der Waals surface area contributed by atoms with Gasteiger partial charge in [0.15, 0.2) is 0 Å². The zero-order valence-corrected chi connectivity index (χ0v) is 38.2. The number of aliphatic hydroxyl groups excluding tert-OH is 2. The van der Waals surface area contributed by atoms with E-state index in [9.17, 15) is 19.8 Å². The number of unbranched alkanes of at least 4 members (excludes halogenated alkanes) is 24. The van der Waals surface area contributed by atoms with E-state index in [1.165, 1.54) is 122 Å². The average molecular weight is 812 g/mol. The van der Waals surface area contributed by atoms with Crippen LogP contribution in [0.15, 0.2) is 60.8 Å². The average Bonchev–Trinajstić information content (AvgIpc) is 3.22. The molecular formula is C52H93NO5. The number of ether oxygens (including phenoxy) is 1. The van der Waals surface area contributed by atoms with Gasteiger partial charge in [0, 0.05) is 6.42 Å². The van der Waals surface area contributed by atoms with Crippen molar-refractivity contribution in [1.82, 2.24) is 5.32 Å². The van der Waals surface area contributed by atoms with Crippen LogP contribution in [0, 0.1) is 0 Å². The Morgan fingerprint density at radius 1 is 0.517 bits per heavy atom. The van der Waals surface area contributed by atoms with Crippen LogP contribution >= 0.6 is 0 Å². The number of allylic oxidation sites excluding steroid dienone is 10. The Labute approximate surface area is 358 Å². The number of carbonyl (C=O) groups excluding carboxylic acids is 2. The van der Waals surface area contributed by atoms with Gasteiger partial charge in [0.1, 0.15) is 6.10 Å². The van der Waals surface area contributed by atoms with Gasteiger partial charge in [-0.2, -0.15) is 0 Å². The van der Waals surface area contributed by atoms with Gasteiger partial charge in [-0.15, -0.1) is 0 Å². The summed E-state index contributed by atoms with van der Waals surface area (Å²) >= 11 is 0. The van der Waals surface area contributed by atoms with Crippen molar-refractivity contribution < 1.29 is 24.5 Å². The third kappa shape index (κ3) is 40.3. The van der Waals surface area contributed by atoms with Crippen LogP contribution < -0.4 is 5.32 Å². The Balaban J connectivity index is 4.58. The largest absolute Gasteiger partial charge is 0.462 e. The fourth-order valence-electron chi connectivity index (χ4n) is 7.21. The molecule has 0 saturated carbocycles. The number of nitrogens with one attached hydrogen (secondary N) is 1. The maximum atomic E-state index is 13.1. The quantitative estimate of drug-likeness (QED) is 0.0247. The van der Waals surface area contributed by atoms with E-state index in [0.29, 0.717) is 19.3 Å². The first-order valence-electron chi connectivity index (χ1n) is 24.6. The zero-order valence-electron chi connectivity index (χ0n) is 38.2. The maximum absolute atomic E-state index is 13.1. The highest BCUT2D eigenvalue weighted by Gasteiger charge is 2.24. The Hall–Kier alpha value is -2.44. The van der Waals surface area contributed by atoms with Crippen LogP contribution in [0.1, 0.15) is 233 Å². The van der Waals surface area contributed by atoms with Gasteiger partial charge in [-0.05, 0) is 64.2 Å². The molecule has 0 aliphatic heterocycles. The molecule has 0 aromatic rings. The van der Waals surface area contributed by atoms with Crippen molar-refractivity contribution in [3.05, 3.63) is 60.8 Å². The summed E-state index contributed by atoms with van der Waals surface area (Å²) in [6.07, 6.45) is 55.8. The van der Waals surface area contributed by atoms with Gasteiger partial charge in [0.2, 0.25) is 5.91 Å². The SMILES string of the molecule is CC/C=C/C=C/C=C\C=C/CCCC(CC(=O)NC(CO)C(O)CCCCCCCCCCCCCCCCCC)OC(=O)CCCCCCC/C=C\CCCCC. The lowest BCUT2D eigenvalue weighted by Crippen LogP contribution is -2.46. The molecule has 0 aromatic carbocycles. The number of hydrogen-bond donors (Lipinski definition) is 3. The fourth-order valence-corrected chi connectivity index (χ4v) is 7.21. The van der Waals surface area contributed by atoms with E-state index < -0.39 is 18.2 Å². The summed E-state index contributed by atoms with van der Waals surface area (Å²) in [7, 11) is 0. The fraction of sp³-hybridized carbons (Fsp3) is 0.769. The highest BCUT2D eigenvalue weighted by Crippen LogP contribution is 2.17. The van der Waals surface area contributed by atoms with E-state index in [1.807, 2.05) is 36.5 Å². The first-order chi connectivity index (χ1) is 28.5. The van der Waals surface area contributed by atoms with Crippen LogP contribution in [-0.2, 0) is 14.3 Å². The maximum Gasteiger partial charge on any atom is 0.306 e. The van der Waals surface area contributed by atoms with E-state index in [2.05, 4.69) is 50.4 Å². The Morgan fingerprint density at radius 2 is 0.966 bits per heavy atom. The van der Waals surface area contributed by atoms with Crippen molar-refractivity contribution >= 4 is 11.9 Å². The van der Waals surface area contributed by atoms with E-state index in [-0.39, 0.29) is 24.9 Å². The number of hydrogen-bond acceptors (Lipinski definition) is 5. The molecule has 0 rings (SSSR count). The molecule has 0 bridgehead atoms. The molecule has 3 atom stereocenters. The topological polar surface area (TPSA) is 95.9 Å². The van der Waals surface area contributed by atoms with Crippen LogP contribution in [0.4, 0.5) is 0 Å². The highest BCUT2D eigenvalue weighted by atomic mass is 16.5. The molecule has 58 heavy (non-hydrogen) atoms. The minimum Gasteiger partial charge on any atom is -0.462 e. The third-order valence-corrected chi connectivity index (χ3v) is 10.9. The number of carbonyl (C=O) groups is 2. The summed E-state index contributed by atoms with van der Waals surface area (Å²) in [4.78, 5) is 26.0. The molecule has 0 heterocycles. The summed E-state index contributed by atoms with van der Waals surface area (Å²) in [5, 5.41) is 23.7. The summed E-state index contributed by atoms with van der Waals surface area (Å²) in [6.45, 7) is 6.29. The van der Waals surface area contributed by atoms with Crippen LogP contribution in [-0.4, -0.2) is 46.9 Å². The van der Waals surface area contributed by atoms with Crippen LogP contribution in [0.2, 0.25) is 0 Å². The minimum atomic E-state index is -0.806. The molecule has 0 aliphatic carbocycles. The van der Waals surface area contributed by atoms with Crippen LogP contribution in [0.3, 0.4) is 0 Å².